The molecule has 0 aromatic heterocycles. The fourth-order valence-corrected chi connectivity index (χ4v) is 1.36. The molecule has 0 bridgehead atoms. The van der Waals surface area contributed by atoms with Crippen LogP contribution in [0.15, 0.2) is 30.3 Å². The molecule has 0 aliphatic carbocycles. The second kappa shape index (κ2) is 7.01. The van der Waals surface area contributed by atoms with Gasteiger partial charge in [0.05, 0.1) is 5.56 Å². The molecule has 0 radical (unpaired) electrons. The Morgan fingerprint density at radius 1 is 1.25 bits per heavy atom. The van der Waals surface area contributed by atoms with Crippen LogP contribution in [0.5, 0.6) is 0 Å². The molecule has 16 heavy (non-hydrogen) atoms. The Hall–Kier alpha value is -1.35. The van der Waals surface area contributed by atoms with E-state index in [0.717, 1.165) is 12.8 Å². The summed E-state index contributed by atoms with van der Waals surface area (Å²) in [7, 11) is 0. The highest BCUT2D eigenvalue weighted by atomic mass is 16.7. The molecule has 1 rings (SSSR count). The van der Waals surface area contributed by atoms with Crippen molar-refractivity contribution < 1.29 is 14.3 Å². The van der Waals surface area contributed by atoms with Gasteiger partial charge in [-0.25, -0.2) is 4.79 Å². The first-order valence-corrected chi connectivity index (χ1v) is 5.65. The number of rotatable bonds is 6. The van der Waals surface area contributed by atoms with E-state index >= 15 is 0 Å². The number of hydrogen-bond acceptors (Lipinski definition) is 3. The van der Waals surface area contributed by atoms with Gasteiger partial charge >= 0.3 is 5.97 Å². The summed E-state index contributed by atoms with van der Waals surface area (Å²) in [6, 6.07) is 8.95. The fourth-order valence-electron chi connectivity index (χ4n) is 1.36. The van der Waals surface area contributed by atoms with Gasteiger partial charge in [-0.1, -0.05) is 31.5 Å². The molecular weight excluding hydrogens is 204 g/mol. The predicted octanol–water partition coefficient (Wildman–Crippen LogP) is 3.01. The third-order valence-corrected chi connectivity index (χ3v) is 2.12. The van der Waals surface area contributed by atoms with E-state index in [0.29, 0.717) is 12.2 Å². The SMILES string of the molecule is CCCC(OCC)OC(=O)c1ccccc1. The van der Waals surface area contributed by atoms with Gasteiger partial charge in [0.1, 0.15) is 0 Å². The Labute approximate surface area is 96.4 Å². The molecule has 0 N–H and O–H groups in total. The highest BCUT2D eigenvalue weighted by Crippen LogP contribution is 2.09. The smallest absolute Gasteiger partial charge is 0.340 e. The summed E-state index contributed by atoms with van der Waals surface area (Å²) in [5.74, 6) is -0.326. The van der Waals surface area contributed by atoms with Crippen molar-refractivity contribution in [3.8, 4) is 0 Å². The molecule has 3 heteroatoms. The Bertz CT molecular complexity index is 302. The Morgan fingerprint density at radius 2 is 1.94 bits per heavy atom. The lowest BCUT2D eigenvalue weighted by Gasteiger charge is -2.16. The predicted molar refractivity (Wildman–Crippen MR) is 62.2 cm³/mol. The van der Waals surface area contributed by atoms with Crippen molar-refractivity contribution in [1.82, 2.24) is 0 Å². The van der Waals surface area contributed by atoms with Crippen LogP contribution in [0.25, 0.3) is 0 Å². The van der Waals surface area contributed by atoms with E-state index in [2.05, 4.69) is 0 Å². The third kappa shape index (κ3) is 4.03. The van der Waals surface area contributed by atoms with Crippen molar-refractivity contribution in [2.45, 2.75) is 33.0 Å². The van der Waals surface area contributed by atoms with E-state index in [1.807, 2.05) is 32.0 Å². The van der Waals surface area contributed by atoms with Crippen molar-refractivity contribution in [1.29, 1.82) is 0 Å². The molecule has 0 aliphatic rings. The molecule has 0 aliphatic heterocycles. The molecule has 0 spiro atoms. The second-order valence-corrected chi connectivity index (χ2v) is 3.44. The van der Waals surface area contributed by atoms with Crippen LogP contribution >= 0.6 is 0 Å². The van der Waals surface area contributed by atoms with Crippen molar-refractivity contribution in [2.24, 2.45) is 0 Å². The number of esters is 1. The molecule has 88 valence electrons. The highest BCUT2D eigenvalue weighted by molar-refractivity contribution is 5.89. The summed E-state index contributed by atoms with van der Waals surface area (Å²) in [4.78, 5) is 11.7. The molecule has 0 amide bonds. The van der Waals surface area contributed by atoms with E-state index in [4.69, 9.17) is 9.47 Å². The van der Waals surface area contributed by atoms with E-state index in [1.165, 1.54) is 0 Å². The van der Waals surface area contributed by atoms with E-state index in [1.54, 1.807) is 12.1 Å². The quantitative estimate of drug-likeness (QED) is 0.548. The number of hydrogen-bond donors (Lipinski definition) is 0. The minimum absolute atomic E-state index is 0.326. The van der Waals surface area contributed by atoms with Gasteiger partial charge in [0, 0.05) is 13.0 Å². The average molecular weight is 222 g/mol. The van der Waals surface area contributed by atoms with Crippen LogP contribution in [0, 0.1) is 0 Å². The second-order valence-electron chi connectivity index (χ2n) is 3.44. The lowest BCUT2D eigenvalue weighted by Crippen LogP contribution is -2.21. The zero-order valence-corrected chi connectivity index (χ0v) is 9.81. The standard InChI is InChI=1S/C13H18O3/c1-3-8-12(15-4-2)16-13(14)11-9-6-5-7-10-11/h5-7,9-10,12H,3-4,8H2,1-2H3. The topological polar surface area (TPSA) is 35.5 Å². The van der Waals surface area contributed by atoms with Crippen LogP contribution in [-0.2, 0) is 9.47 Å². The lowest BCUT2D eigenvalue weighted by molar-refractivity contribution is -0.110. The summed E-state index contributed by atoms with van der Waals surface area (Å²) in [5, 5.41) is 0. The third-order valence-electron chi connectivity index (χ3n) is 2.12. The Kier molecular flexibility index (Phi) is 5.57. The summed E-state index contributed by atoms with van der Waals surface area (Å²) >= 11 is 0. The van der Waals surface area contributed by atoms with Crippen molar-refractivity contribution >= 4 is 5.97 Å². The van der Waals surface area contributed by atoms with E-state index in [-0.39, 0.29) is 5.97 Å². The van der Waals surface area contributed by atoms with Crippen LogP contribution < -0.4 is 0 Å². The maximum Gasteiger partial charge on any atom is 0.340 e. The Balaban J connectivity index is 2.54. The maximum atomic E-state index is 11.7. The van der Waals surface area contributed by atoms with E-state index in [9.17, 15) is 4.79 Å². The first-order chi connectivity index (χ1) is 7.77. The van der Waals surface area contributed by atoms with Crippen LogP contribution in [0.3, 0.4) is 0 Å². The normalized spacial score (nSPS) is 12.1. The molecule has 0 saturated heterocycles. The summed E-state index contributed by atoms with van der Waals surface area (Å²) in [5.41, 5.74) is 0.559. The lowest BCUT2D eigenvalue weighted by atomic mass is 10.2. The molecule has 3 nitrogen and oxygen atoms in total. The average Bonchev–Trinajstić information content (AvgIpc) is 2.31. The van der Waals surface area contributed by atoms with Gasteiger partial charge in [-0.05, 0) is 19.1 Å². The number of carbonyl (C=O) groups is 1. The number of benzene rings is 1. The molecule has 1 atom stereocenters. The van der Waals surface area contributed by atoms with Gasteiger partial charge in [0.2, 0.25) is 6.29 Å². The maximum absolute atomic E-state index is 11.7. The molecule has 0 saturated carbocycles. The van der Waals surface area contributed by atoms with Crippen molar-refractivity contribution in [3.05, 3.63) is 35.9 Å². The van der Waals surface area contributed by atoms with Crippen molar-refractivity contribution in [3.63, 3.8) is 0 Å². The zero-order chi connectivity index (χ0) is 11.8. The molecule has 0 heterocycles. The van der Waals surface area contributed by atoms with E-state index < -0.39 is 6.29 Å². The molecule has 0 fully saturated rings. The molecule has 1 unspecified atom stereocenters. The minimum Gasteiger partial charge on any atom is -0.432 e. The van der Waals surface area contributed by atoms with Crippen LogP contribution in [-0.4, -0.2) is 18.9 Å². The van der Waals surface area contributed by atoms with Gasteiger partial charge in [-0.3, -0.25) is 0 Å². The molecular formula is C13H18O3. The largest absolute Gasteiger partial charge is 0.432 e. The summed E-state index contributed by atoms with van der Waals surface area (Å²) in [6.07, 6.45) is 1.22. The molecule has 1 aromatic rings. The fraction of sp³-hybridized carbons (Fsp3) is 0.462. The van der Waals surface area contributed by atoms with Crippen LogP contribution in [0.2, 0.25) is 0 Å². The van der Waals surface area contributed by atoms with Gasteiger partial charge in [-0.2, -0.15) is 0 Å². The van der Waals surface area contributed by atoms with Gasteiger partial charge in [0.15, 0.2) is 0 Å². The first kappa shape index (κ1) is 12.7. The summed E-state index contributed by atoms with van der Waals surface area (Å²) < 4.78 is 10.6. The zero-order valence-electron chi connectivity index (χ0n) is 9.81. The minimum atomic E-state index is -0.428. The number of ether oxygens (including phenoxy) is 2. The summed E-state index contributed by atoms with van der Waals surface area (Å²) in [6.45, 7) is 4.47. The first-order valence-electron chi connectivity index (χ1n) is 5.65. The highest BCUT2D eigenvalue weighted by Gasteiger charge is 2.14. The van der Waals surface area contributed by atoms with Gasteiger partial charge < -0.3 is 9.47 Å². The molecule has 1 aromatic carbocycles. The number of carbonyl (C=O) groups excluding carboxylic acids is 1. The van der Waals surface area contributed by atoms with Gasteiger partial charge in [0.25, 0.3) is 0 Å². The van der Waals surface area contributed by atoms with Crippen molar-refractivity contribution in [2.75, 3.05) is 6.61 Å². The van der Waals surface area contributed by atoms with Crippen LogP contribution in [0.4, 0.5) is 0 Å². The Morgan fingerprint density at radius 3 is 2.50 bits per heavy atom. The van der Waals surface area contributed by atoms with Gasteiger partial charge in [-0.15, -0.1) is 0 Å². The monoisotopic (exact) mass is 222 g/mol. The van der Waals surface area contributed by atoms with Crippen LogP contribution in [0.1, 0.15) is 37.0 Å².